The monoisotopic (exact) mass is 356 g/mol. The van der Waals surface area contributed by atoms with Crippen LogP contribution in [0.15, 0.2) is 39.8 Å². The maximum absolute atomic E-state index is 6.06. The molecule has 0 saturated carbocycles. The molecular weight excluding hydrogens is 344 g/mol. The summed E-state index contributed by atoms with van der Waals surface area (Å²) >= 11 is 11.3. The number of hydrogen-bond acceptors (Lipinski definition) is 3. The first-order chi connectivity index (χ1) is 9.08. The largest absolute Gasteiger partial charge is 0.240 e. The van der Waals surface area contributed by atoms with Crippen molar-refractivity contribution in [2.75, 3.05) is 0 Å². The second kappa shape index (κ2) is 6.73. The number of alkyl halides is 1. The SMILES string of the molecule is Cc1nc(CSc2ccccc2Br)ncc1C(C)Cl. The molecule has 5 heteroatoms. The smallest absolute Gasteiger partial charge is 0.138 e. The van der Waals surface area contributed by atoms with Gasteiger partial charge in [0.2, 0.25) is 0 Å². The molecule has 0 amide bonds. The summed E-state index contributed by atoms with van der Waals surface area (Å²) in [5, 5.41) is -0.0510. The predicted molar refractivity (Wildman–Crippen MR) is 84.7 cm³/mol. The van der Waals surface area contributed by atoms with Gasteiger partial charge in [0.15, 0.2) is 0 Å². The van der Waals surface area contributed by atoms with Crippen molar-refractivity contribution in [1.82, 2.24) is 9.97 Å². The highest BCUT2D eigenvalue weighted by Crippen LogP contribution is 2.29. The third-order valence-electron chi connectivity index (χ3n) is 2.69. The van der Waals surface area contributed by atoms with Crippen LogP contribution in [0, 0.1) is 6.92 Å². The summed E-state index contributed by atoms with van der Waals surface area (Å²) in [5.41, 5.74) is 1.96. The minimum atomic E-state index is -0.0510. The van der Waals surface area contributed by atoms with Crippen LogP contribution in [0.5, 0.6) is 0 Å². The molecule has 0 fully saturated rings. The van der Waals surface area contributed by atoms with Gasteiger partial charge in [0.05, 0.1) is 11.1 Å². The molecule has 1 atom stereocenters. The molecule has 19 heavy (non-hydrogen) atoms. The highest BCUT2D eigenvalue weighted by Gasteiger charge is 2.09. The van der Waals surface area contributed by atoms with E-state index in [1.165, 1.54) is 4.90 Å². The van der Waals surface area contributed by atoms with Crippen molar-refractivity contribution in [3.05, 3.63) is 52.0 Å². The third kappa shape index (κ3) is 3.94. The Morgan fingerprint density at radius 1 is 1.37 bits per heavy atom. The van der Waals surface area contributed by atoms with Gasteiger partial charge in [-0.3, -0.25) is 0 Å². The average Bonchev–Trinajstić information content (AvgIpc) is 2.37. The number of thioether (sulfide) groups is 1. The standard InChI is InChI=1S/C14H14BrClN2S/c1-9(16)11-7-17-14(18-10(11)2)8-19-13-6-4-3-5-12(13)15/h3-7,9H,8H2,1-2H3. The van der Waals surface area contributed by atoms with E-state index < -0.39 is 0 Å². The first-order valence-corrected chi connectivity index (χ1v) is 8.13. The molecule has 1 aromatic heterocycles. The van der Waals surface area contributed by atoms with E-state index in [9.17, 15) is 0 Å². The van der Waals surface area contributed by atoms with Crippen LogP contribution in [0.3, 0.4) is 0 Å². The van der Waals surface area contributed by atoms with Gasteiger partial charge in [0.25, 0.3) is 0 Å². The molecule has 0 radical (unpaired) electrons. The number of nitrogens with zero attached hydrogens (tertiary/aromatic N) is 2. The van der Waals surface area contributed by atoms with E-state index in [1.807, 2.05) is 38.2 Å². The number of rotatable bonds is 4. The Bertz CT molecular complexity index is 575. The Labute approximate surface area is 131 Å². The molecule has 2 rings (SSSR count). The normalized spacial score (nSPS) is 12.4. The summed E-state index contributed by atoms with van der Waals surface area (Å²) in [6, 6.07) is 8.15. The maximum atomic E-state index is 6.06. The fourth-order valence-electron chi connectivity index (χ4n) is 1.69. The van der Waals surface area contributed by atoms with Gasteiger partial charge in [-0.1, -0.05) is 12.1 Å². The highest BCUT2D eigenvalue weighted by atomic mass is 79.9. The molecule has 2 aromatic rings. The molecule has 1 heterocycles. The van der Waals surface area contributed by atoms with Crippen molar-refractivity contribution in [3.8, 4) is 0 Å². The second-order valence-corrected chi connectivity index (χ2v) is 6.69. The first-order valence-electron chi connectivity index (χ1n) is 5.91. The van der Waals surface area contributed by atoms with Crippen molar-refractivity contribution >= 4 is 39.3 Å². The van der Waals surface area contributed by atoms with Crippen LogP contribution < -0.4 is 0 Å². The van der Waals surface area contributed by atoms with Gasteiger partial charge >= 0.3 is 0 Å². The lowest BCUT2D eigenvalue weighted by atomic mass is 10.2. The molecular formula is C14H14BrClN2S. The lowest BCUT2D eigenvalue weighted by Gasteiger charge is -2.08. The topological polar surface area (TPSA) is 25.8 Å². The molecule has 0 N–H and O–H groups in total. The van der Waals surface area contributed by atoms with Crippen molar-refractivity contribution < 1.29 is 0 Å². The van der Waals surface area contributed by atoms with Crippen molar-refractivity contribution in [1.29, 1.82) is 0 Å². The van der Waals surface area contributed by atoms with Gasteiger partial charge in [0.1, 0.15) is 5.82 Å². The Morgan fingerprint density at radius 2 is 2.11 bits per heavy atom. The number of hydrogen-bond donors (Lipinski definition) is 0. The van der Waals surface area contributed by atoms with Gasteiger partial charge in [-0.05, 0) is 41.9 Å². The zero-order valence-electron chi connectivity index (χ0n) is 10.7. The number of halogens is 2. The van der Waals surface area contributed by atoms with E-state index in [2.05, 4.69) is 32.0 Å². The lowest BCUT2D eigenvalue weighted by Crippen LogP contribution is -2.00. The molecule has 0 aliphatic rings. The van der Waals surface area contributed by atoms with Gasteiger partial charge < -0.3 is 0 Å². The van der Waals surface area contributed by atoms with E-state index in [0.29, 0.717) is 0 Å². The zero-order valence-corrected chi connectivity index (χ0v) is 13.9. The minimum Gasteiger partial charge on any atom is -0.240 e. The summed E-state index contributed by atoms with van der Waals surface area (Å²) in [5.74, 6) is 1.58. The number of aromatic nitrogens is 2. The Hall–Kier alpha value is -0.580. The van der Waals surface area contributed by atoms with E-state index in [-0.39, 0.29) is 5.38 Å². The molecule has 0 aliphatic carbocycles. The predicted octanol–water partition coefficient (Wildman–Crippen LogP) is 5.14. The van der Waals surface area contributed by atoms with Crippen LogP contribution in [0.1, 0.15) is 29.4 Å². The van der Waals surface area contributed by atoms with Crippen molar-refractivity contribution in [2.24, 2.45) is 0 Å². The number of aryl methyl sites for hydroxylation is 1. The molecule has 1 aromatic carbocycles. The third-order valence-corrected chi connectivity index (χ3v) is 4.95. The summed E-state index contributed by atoms with van der Waals surface area (Å²) in [6.07, 6.45) is 1.83. The first kappa shape index (κ1) is 14.8. The van der Waals surface area contributed by atoms with Crippen molar-refractivity contribution in [3.63, 3.8) is 0 Å². The van der Waals surface area contributed by atoms with E-state index in [4.69, 9.17) is 11.6 Å². The zero-order chi connectivity index (χ0) is 13.8. The lowest BCUT2D eigenvalue weighted by molar-refractivity contribution is 0.923. The molecule has 2 nitrogen and oxygen atoms in total. The summed E-state index contributed by atoms with van der Waals surface area (Å²) in [6.45, 7) is 3.91. The van der Waals surface area contributed by atoms with E-state index in [0.717, 1.165) is 27.3 Å². The molecule has 1 unspecified atom stereocenters. The van der Waals surface area contributed by atoms with Gasteiger partial charge in [0, 0.05) is 26.8 Å². The van der Waals surface area contributed by atoms with Gasteiger partial charge in [-0.25, -0.2) is 9.97 Å². The molecule has 0 aliphatic heterocycles. The number of benzene rings is 1. The van der Waals surface area contributed by atoms with Crippen LogP contribution in [0.4, 0.5) is 0 Å². The fraction of sp³-hybridized carbons (Fsp3) is 0.286. The second-order valence-electron chi connectivity index (χ2n) is 4.16. The highest BCUT2D eigenvalue weighted by molar-refractivity contribution is 9.10. The molecule has 0 saturated heterocycles. The summed E-state index contributed by atoms with van der Waals surface area (Å²) in [7, 11) is 0. The van der Waals surface area contributed by atoms with Crippen LogP contribution in [0.25, 0.3) is 0 Å². The van der Waals surface area contributed by atoms with Crippen LogP contribution in [-0.4, -0.2) is 9.97 Å². The average molecular weight is 358 g/mol. The minimum absolute atomic E-state index is 0.0510. The Balaban J connectivity index is 2.08. The van der Waals surface area contributed by atoms with E-state index >= 15 is 0 Å². The van der Waals surface area contributed by atoms with E-state index in [1.54, 1.807) is 11.8 Å². The van der Waals surface area contributed by atoms with Gasteiger partial charge in [-0.15, -0.1) is 23.4 Å². The Morgan fingerprint density at radius 3 is 2.74 bits per heavy atom. The molecule has 0 bridgehead atoms. The van der Waals surface area contributed by atoms with Gasteiger partial charge in [-0.2, -0.15) is 0 Å². The Kier molecular flexibility index (Phi) is 5.25. The summed E-state index contributed by atoms with van der Waals surface area (Å²) in [4.78, 5) is 10.1. The molecule has 100 valence electrons. The fourth-order valence-corrected chi connectivity index (χ4v) is 3.34. The quantitative estimate of drug-likeness (QED) is 0.559. The molecule has 0 spiro atoms. The summed E-state index contributed by atoms with van der Waals surface area (Å²) < 4.78 is 1.10. The van der Waals surface area contributed by atoms with Crippen molar-refractivity contribution in [2.45, 2.75) is 29.9 Å². The van der Waals surface area contributed by atoms with Crippen LogP contribution >= 0.6 is 39.3 Å². The van der Waals surface area contributed by atoms with Crippen LogP contribution in [0.2, 0.25) is 0 Å². The maximum Gasteiger partial charge on any atom is 0.138 e. The van der Waals surface area contributed by atoms with Crippen LogP contribution in [-0.2, 0) is 5.75 Å².